The first-order chi connectivity index (χ1) is 21.1. The Morgan fingerprint density at radius 1 is 0.841 bits per heavy atom. The van der Waals surface area contributed by atoms with Crippen LogP contribution in [0, 0.1) is 20.8 Å². The van der Waals surface area contributed by atoms with Gasteiger partial charge in [-0.05, 0) is 61.6 Å². The van der Waals surface area contributed by atoms with E-state index in [1.807, 2.05) is 75.4 Å². The zero-order chi connectivity index (χ0) is 31.8. The lowest BCUT2D eigenvalue weighted by molar-refractivity contribution is -0.137. The van der Waals surface area contributed by atoms with Crippen molar-refractivity contribution in [1.29, 1.82) is 0 Å². The van der Waals surface area contributed by atoms with E-state index in [9.17, 15) is 9.59 Å². The van der Waals surface area contributed by atoms with Gasteiger partial charge in [-0.3, -0.25) is 9.59 Å². The van der Waals surface area contributed by atoms with Crippen molar-refractivity contribution in [3.63, 3.8) is 0 Å². The Labute approximate surface area is 264 Å². The molecular weight excluding hydrogens is 572 g/mol. The van der Waals surface area contributed by atoms with Crippen molar-refractivity contribution in [1.82, 2.24) is 14.9 Å². The van der Waals surface area contributed by atoms with Crippen LogP contribution < -0.4 is 14.8 Å². The van der Waals surface area contributed by atoms with Crippen LogP contribution in [-0.4, -0.2) is 46.7 Å². The summed E-state index contributed by atoms with van der Waals surface area (Å²) in [6.07, 6.45) is 0. The second-order valence-corrected chi connectivity index (χ2v) is 12.0. The Hall–Kier alpha value is -4.37. The van der Waals surface area contributed by atoms with E-state index >= 15 is 0 Å². The number of hydrogen-bond acceptors (Lipinski definition) is 7. The number of amides is 2. The number of ether oxygens (including phenoxy) is 2. The average molecular weight is 613 g/mol. The van der Waals surface area contributed by atoms with E-state index in [1.54, 1.807) is 30.2 Å². The molecule has 0 saturated heterocycles. The summed E-state index contributed by atoms with van der Waals surface area (Å²) in [5.41, 5.74) is 6.01. The first kappa shape index (κ1) is 32.5. The lowest BCUT2D eigenvalue weighted by Crippen LogP contribution is -2.42. The van der Waals surface area contributed by atoms with Crippen molar-refractivity contribution in [2.75, 3.05) is 25.3 Å². The summed E-state index contributed by atoms with van der Waals surface area (Å²) in [4.78, 5) is 39.0. The molecule has 0 fully saturated rings. The van der Waals surface area contributed by atoms with Gasteiger partial charge in [0.1, 0.15) is 17.5 Å². The fraction of sp³-hybridized carbons (Fsp3) is 0.314. The minimum atomic E-state index is -0.933. The molecule has 0 aliphatic rings. The van der Waals surface area contributed by atoms with Crippen LogP contribution in [0.5, 0.6) is 11.5 Å². The van der Waals surface area contributed by atoms with E-state index in [-0.39, 0.29) is 24.1 Å². The normalized spacial score (nSPS) is 11.6. The van der Waals surface area contributed by atoms with Gasteiger partial charge in [-0.1, -0.05) is 79.7 Å². The molecule has 230 valence electrons. The van der Waals surface area contributed by atoms with Crippen molar-refractivity contribution >= 4 is 29.3 Å². The summed E-state index contributed by atoms with van der Waals surface area (Å²) in [6, 6.07) is 22.0. The minimum absolute atomic E-state index is 0.0640. The number of nitrogens with one attached hydrogen (secondary N) is 1. The van der Waals surface area contributed by atoms with Crippen LogP contribution in [0.15, 0.2) is 78.0 Å². The van der Waals surface area contributed by atoms with Gasteiger partial charge in [-0.15, -0.1) is 0 Å². The predicted molar refractivity (Wildman–Crippen MR) is 175 cm³/mol. The molecule has 0 bridgehead atoms. The minimum Gasteiger partial charge on any atom is -0.497 e. The van der Waals surface area contributed by atoms with E-state index in [4.69, 9.17) is 9.47 Å². The second kappa shape index (κ2) is 14.9. The smallest absolute Gasteiger partial charge is 0.251 e. The standard InChI is InChI=1S/C35H40N4O4S/c1-22(2)27-12-14-28(15-13-27)33(34(41)38-30-17-16-29(42-6)19-31(30)43-7)39(20-26-10-8-23(3)9-11-26)32(40)21-44-35-36-24(4)18-25(5)37-35/h8-19,22,33H,20-21H2,1-7H3,(H,38,41). The van der Waals surface area contributed by atoms with Gasteiger partial charge < -0.3 is 19.7 Å². The maximum Gasteiger partial charge on any atom is 0.251 e. The molecule has 4 rings (SSSR count). The van der Waals surface area contributed by atoms with Crippen molar-refractivity contribution in [3.8, 4) is 11.5 Å². The first-order valence-electron chi connectivity index (χ1n) is 14.5. The first-order valence-corrected chi connectivity index (χ1v) is 15.5. The third-order valence-corrected chi connectivity index (χ3v) is 8.06. The highest BCUT2D eigenvalue weighted by Crippen LogP contribution is 2.33. The van der Waals surface area contributed by atoms with Crippen molar-refractivity contribution in [3.05, 3.63) is 106 Å². The van der Waals surface area contributed by atoms with Gasteiger partial charge >= 0.3 is 0 Å². The van der Waals surface area contributed by atoms with Crippen molar-refractivity contribution in [2.45, 2.75) is 58.3 Å². The van der Waals surface area contributed by atoms with Gasteiger partial charge in [0, 0.05) is 24.0 Å². The lowest BCUT2D eigenvalue weighted by Gasteiger charge is -2.32. The molecule has 0 radical (unpaired) electrons. The molecule has 3 aromatic carbocycles. The number of carbonyl (C=O) groups is 2. The Morgan fingerprint density at radius 2 is 1.48 bits per heavy atom. The van der Waals surface area contributed by atoms with Gasteiger partial charge in [-0.25, -0.2) is 9.97 Å². The fourth-order valence-corrected chi connectivity index (χ4v) is 5.66. The predicted octanol–water partition coefficient (Wildman–Crippen LogP) is 7.04. The quantitative estimate of drug-likeness (QED) is 0.135. The largest absolute Gasteiger partial charge is 0.497 e. The molecule has 4 aromatic rings. The van der Waals surface area contributed by atoms with Gasteiger partial charge in [-0.2, -0.15) is 0 Å². The number of rotatable bonds is 12. The van der Waals surface area contributed by atoms with Crippen LogP contribution >= 0.6 is 11.8 Å². The molecular formula is C35H40N4O4S. The molecule has 0 aliphatic carbocycles. The molecule has 1 heterocycles. The van der Waals surface area contributed by atoms with Gasteiger partial charge in [0.2, 0.25) is 5.91 Å². The number of hydrogen-bond donors (Lipinski definition) is 1. The molecule has 2 amide bonds. The van der Waals surface area contributed by atoms with E-state index in [0.717, 1.165) is 28.1 Å². The van der Waals surface area contributed by atoms with Crippen LogP contribution in [-0.2, 0) is 16.1 Å². The molecule has 44 heavy (non-hydrogen) atoms. The molecule has 0 spiro atoms. The summed E-state index contributed by atoms with van der Waals surface area (Å²) in [5.74, 6) is 0.855. The lowest BCUT2D eigenvalue weighted by atomic mass is 9.97. The molecule has 0 saturated carbocycles. The number of nitrogens with zero attached hydrogens (tertiary/aromatic N) is 3. The van der Waals surface area contributed by atoms with Gasteiger partial charge in [0.25, 0.3) is 5.91 Å². The van der Waals surface area contributed by atoms with E-state index in [0.29, 0.717) is 33.8 Å². The van der Waals surface area contributed by atoms with E-state index in [2.05, 4.69) is 29.1 Å². The second-order valence-electron chi connectivity index (χ2n) is 11.0. The topological polar surface area (TPSA) is 93.7 Å². The monoisotopic (exact) mass is 612 g/mol. The molecule has 0 aliphatic heterocycles. The van der Waals surface area contributed by atoms with Crippen LogP contribution in [0.25, 0.3) is 0 Å². The molecule has 1 N–H and O–H groups in total. The van der Waals surface area contributed by atoms with Crippen LogP contribution in [0.4, 0.5) is 5.69 Å². The highest BCUT2D eigenvalue weighted by Gasteiger charge is 2.32. The number of benzene rings is 3. The van der Waals surface area contributed by atoms with Crippen LogP contribution in [0.3, 0.4) is 0 Å². The van der Waals surface area contributed by atoms with Crippen LogP contribution in [0.2, 0.25) is 0 Å². The number of carbonyl (C=O) groups excluding carboxylic acids is 2. The van der Waals surface area contributed by atoms with Crippen LogP contribution in [0.1, 0.15) is 59.4 Å². The summed E-state index contributed by atoms with van der Waals surface area (Å²) < 4.78 is 10.9. The van der Waals surface area contributed by atoms with Crippen molar-refractivity contribution in [2.24, 2.45) is 0 Å². The third-order valence-electron chi connectivity index (χ3n) is 7.23. The SMILES string of the molecule is COc1ccc(NC(=O)C(c2ccc(C(C)C)cc2)N(Cc2ccc(C)cc2)C(=O)CSc2nc(C)cc(C)n2)c(OC)c1. The molecule has 8 nitrogen and oxygen atoms in total. The number of methoxy groups -OCH3 is 2. The summed E-state index contributed by atoms with van der Waals surface area (Å²) in [7, 11) is 3.10. The van der Waals surface area contributed by atoms with E-state index < -0.39 is 6.04 Å². The molecule has 1 atom stereocenters. The van der Waals surface area contributed by atoms with Gasteiger partial charge in [0.15, 0.2) is 5.16 Å². The highest BCUT2D eigenvalue weighted by atomic mass is 32.2. The number of anilines is 1. The summed E-state index contributed by atoms with van der Waals surface area (Å²) in [6.45, 7) is 10.3. The fourth-order valence-electron chi connectivity index (χ4n) is 4.82. The molecule has 1 aromatic heterocycles. The highest BCUT2D eigenvalue weighted by molar-refractivity contribution is 7.99. The van der Waals surface area contributed by atoms with Gasteiger partial charge in [0.05, 0.1) is 25.7 Å². The summed E-state index contributed by atoms with van der Waals surface area (Å²) >= 11 is 1.26. The van der Waals surface area contributed by atoms with Crippen molar-refractivity contribution < 1.29 is 19.1 Å². The zero-order valence-corrected chi connectivity index (χ0v) is 27.2. The maximum absolute atomic E-state index is 14.3. The third kappa shape index (κ3) is 8.38. The number of aryl methyl sites for hydroxylation is 3. The summed E-state index contributed by atoms with van der Waals surface area (Å²) in [5, 5.41) is 3.55. The maximum atomic E-state index is 14.3. The number of aromatic nitrogens is 2. The number of thioether (sulfide) groups is 1. The Morgan fingerprint density at radius 3 is 2.07 bits per heavy atom. The Kier molecular flexibility index (Phi) is 11.0. The molecule has 1 unspecified atom stereocenters. The Balaban J connectivity index is 1.75. The van der Waals surface area contributed by atoms with E-state index in [1.165, 1.54) is 18.9 Å². The zero-order valence-electron chi connectivity index (χ0n) is 26.4. The molecule has 9 heteroatoms. The average Bonchev–Trinajstić information content (AvgIpc) is 3.00. The Bertz CT molecular complexity index is 1570.